The van der Waals surface area contributed by atoms with Crippen molar-refractivity contribution in [3.63, 3.8) is 0 Å². The van der Waals surface area contributed by atoms with Crippen molar-refractivity contribution in [2.24, 2.45) is 0 Å². The molecule has 0 aromatic heterocycles. The minimum atomic E-state index is 0.498. The molecule has 27 heavy (non-hydrogen) atoms. The van der Waals surface area contributed by atoms with Crippen molar-refractivity contribution in [1.29, 1.82) is 0 Å². The fraction of sp³-hybridized carbons (Fsp3) is 0.769. The van der Waals surface area contributed by atoms with Crippen LogP contribution in [0.3, 0.4) is 0 Å². The maximum Gasteiger partial charge on any atom is 0.118 e. The Balaban J connectivity index is 2.14. The van der Waals surface area contributed by atoms with Crippen molar-refractivity contribution in [3.05, 3.63) is 29.3 Å². The molecule has 1 aromatic rings. The van der Waals surface area contributed by atoms with Crippen LogP contribution in [0.2, 0.25) is 0 Å². The summed E-state index contributed by atoms with van der Waals surface area (Å²) in [6.07, 6.45) is 23.9. The monoisotopic (exact) mass is 374 g/mol. The number of benzene rings is 1. The van der Waals surface area contributed by atoms with Crippen LogP contribution >= 0.6 is 0 Å². The molecule has 0 atom stereocenters. The van der Waals surface area contributed by atoms with Crippen LogP contribution in [0.5, 0.6) is 5.75 Å². The minimum Gasteiger partial charge on any atom is -0.508 e. The van der Waals surface area contributed by atoms with E-state index in [0.717, 1.165) is 12.0 Å². The summed E-state index contributed by atoms with van der Waals surface area (Å²) in [7, 11) is 0. The van der Waals surface area contributed by atoms with E-state index in [1.165, 1.54) is 115 Å². The van der Waals surface area contributed by atoms with Crippen molar-refractivity contribution in [2.45, 2.75) is 129 Å². The van der Waals surface area contributed by atoms with E-state index >= 15 is 0 Å². The molecule has 0 saturated heterocycles. The topological polar surface area (TPSA) is 20.2 Å². The lowest BCUT2D eigenvalue weighted by atomic mass is 9.99. The van der Waals surface area contributed by atoms with Crippen molar-refractivity contribution in [3.8, 4) is 5.75 Å². The summed E-state index contributed by atoms with van der Waals surface area (Å²) in [5.41, 5.74) is 2.58. The van der Waals surface area contributed by atoms with Crippen LogP contribution in [0.15, 0.2) is 18.2 Å². The van der Waals surface area contributed by atoms with Gasteiger partial charge in [0.15, 0.2) is 0 Å². The fourth-order valence-electron chi connectivity index (χ4n) is 3.91. The molecule has 0 spiro atoms. The smallest absolute Gasteiger partial charge is 0.118 e. The van der Waals surface area contributed by atoms with Gasteiger partial charge in [-0.3, -0.25) is 0 Å². The van der Waals surface area contributed by atoms with Crippen molar-refractivity contribution in [2.75, 3.05) is 0 Å². The molecular weight excluding hydrogens is 328 g/mol. The molecule has 0 aliphatic rings. The Morgan fingerprint density at radius 3 is 1.52 bits per heavy atom. The molecule has 1 nitrogen and oxygen atoms in total. The molecule has 0 saturated carbocycles. The molecule has 0 bridgehead atoms. The van der Waals surface area contributed by atoms with E-state index in [1.54, 1.807) is 0 Å². The van der Waals surface area contributed by atoms with Gasteiger partial charge in [-0.25, -0.2) is 0 Å². The number of unbranched alkanes of at least 4 members (excludes halogenated alkanes) is 14. The molecule has 0 radical (unpaired) electrons. The van der Waals surface area contributed by atoms with Crippen LogP contribution in [0.4, 0.5) is 0 Å². The third-order valence-electron chi connectivity index (χ3n) is 5.76. The highest BCUT2D eigenvalue weighted by atomic mass is 16.3. The zero-order valence-corrected chi connectivity index (χ0v) is 18.4. The molecule has 1 rings (SSSR count). The summed E-state index contributed by atoms with van der Waals surface area (Å²) >= 11 is 0. The Morgan fingerprint density at radius 1 is 0.556 bits per heavy atom. The lowest BCUT2D eigenvalue weighted by molar-refractivity contribution is 0.465. The van der Waals surface area contributed by atoms with Gasteiger partial charge >= 0.3 is 0 Å². The summed E-state index contributed by atoms with van der Waals surface area (Å²) in [4.78, 5) is 0. The quantitative estimate of drug-likeness (QED) is 0.255. The van der Waals surface area contributed by atoms with Gasteiger partial charge in [0.1, 0.15) is 5.75 Å². The highest BCUT2D eigenvalue weighted by Crippen LogP contribution is 2.22. The Labute approximate surface area is 170 Å². The van der Waals surface area contributed by atoms with E-state index in [-0.39, 0.29) is 0 Å². The van der Waals surface area contributed by atoms with Gasteiger partial charge in [0, 0.05) is 0 Å². The van der Waals surface area contributed by atoms with E-state index in [9.17, 15) is 5.11 Å². The van der Waals surface area contributed by atoms with Gasteiger partial charge < -0.3 is 5.11 Å². The molecule has 0 aliphatic heterocycles. The van der Waals surface area contributed by atoms with Crippen LogP contribution in [-0.4, -0.2) is 5.11 Å². The van der Waals surface area contributed by atoms with Gasteiger partial charge in [-0.1, -0.05) is 116 Å². The zero-order valence-electron chi connectivity index (χ0n) is 18.4. The van der Waals surface area contributed by atoms with Gasteiger partial charge in [-0.2, -0.15) is 0 Å². The summed E-state index contributed by atoms with van der Waals surface area (Å²) in [5, 5.41) is 10.1. The predicted octanol–water partition coefficient (Wildman–Crippen LogP) is 8.76. The van der Waals surface area contributed by atoms with Crippen LogP contribution in [0.25, 0.3) is 0 Å². The summed E-state index contributed by atoms with van der Waals surface area (Å²) in [6, 6.07) is 6.30. The van der Waals surface area contributed by atoms with Gasteiger partial charge in [0.05, 0.1) is 0 Å². The number of hydrogen-bond donors (Lipinski definition) is 1. The first-order valence-electron chi connectivity index (χ1n) is 12.1. The fourth-order valence-corrected chi connectivity index (χ4v) is 3.91. The van der Waals surface area contributed by atoms with Crippen molar-refractivity contribution < 1.29 is 5.11 Å². The molecule has 1 aromatic carbocycles. The summed E-state index contributed by atoms with van der Waals surface area (Å²) in [5.74, 6) is 0.498. The molecular formula is C26H46O. The standard InChI is InChI=1S/C26H46O/c1-3-5-7-9-11-13-15-17-19-24-21-22-26(27)25(23-24)20-18-16-14-12-10-8-6-4-2/h21-23,27H,3-20H2,1-2H3. The molecule has 1 N–H and O–H groups in total. The van der Waals surface area contributed by atoms with E-state index < -0.39 is 0 Å². The lowest BCUT2D eigenvalue weighted by Crippen LogP contribution is -1.92. The van der Waals surface area contributed by atoms with Gasteiger partial charge in [0.25, 0.3) is 0 Å². The Hall–Kier alpha value is -0.980. The van der Waals surface area contributed by atoms with Crippen LogP contribution in [-0.2, 0) is 12.8 Å². The number of phenols is 1. The molecule has 156 valence electrons. The average molecular weight is 375 g/mol. The second kappa shape index (κ2) is 17.1. The van der Waals surface area contributed by atoms with Crippen LogP contribution in [0.1, 0.15) is 128 Å². The lowest BCUT2D eigenvalue weighted by Gasteiger charge is -2.08. The summed E-state index contributed by atoms with van der Waals surface area (Å²) < 4.78 is 0. The highest BCUT2D eigenvalue weighted by Gasteiger charge is 2.04. The molecule has 0 unspecified atom stereocenters. The predicted molar refractivity (Wildman–Crippen MR) is 121 cm³/mol. The van der Waals surface area contributed by atoms with Crippen molar-refractivity contribution >= 4 is 0 Å². The Bertz CT molecular complexity index is 452. The van der Waals surface area contributed by atoms with Crippen LogP contribution in [0, 0.1) is 0 Å². The average Bonchev–Trinajstić information content (AvgIpc) is 2.68. The maximum atomic E-state index is 10.1. The third-order valence-corrected chi connectivity index (χ3v) is 5.76. The van der Waals surface area contributed by atoms with Gasteiger partial charge in [0.2, 0.25) is 0 Å². The second-order valence-electron chi connectivity index (χ2n) is 8.41. The van der Waals surface area contributed by atoms with Crippen molar-refractivity contribution in [1.82, 2.24) is 0 Å². The van der Waals surface area contributed by atoms with E-state index in [1.807, 2.05) is 6.07 Å². The van der Waals surface area contributed by atoms with Crippen LogP contribution < -0.4 is 0 Å². The van der Waals surface area contributed by atoms with Gasteiger partial charge in [-0.05, 0) is 42.9 Å². The first-order chi connectivity index (χ1) is 13.3. The zero-order chi connectivity index (χ0) is 19.6. The number of rotatable bonds is 18. The van der Waals surface area contributed by atoms with E-state index in [2.05, 4.69) is 26.0 Å². The molecule has 0 amide bonds. The molecule has 0 heterocycles. The number of phenolic OH excluding ortho intramolecular Hbond substituents is 1. The second-order valence-corrected chi connectivity index (χ2v) is 8.41. The first kappa shape index (κ1) is 24.1. The number of aromatic hydroxyl groups is 1. The Kier molecular flexibility index (Phi) is 15.3. The number of hydrogen-bond acceptors (Lipinski definition) is 1. The van der Waals surface area contributed by atoms with E-state index in [0.29, 0.717) is 5.75 Å². The minimum absolute atomic E-state index is 0.498. The highest BCUT2D eigenvalue weighted by molar-refractivity contribution is 5.36. The third kappa shape index (κ3) is 12.9. The first-order valence-corrected chi connectivity index (χ1v) is 12.1. The Morgan fingerprint density at radius 2 is 1.00 bits per heavy atom. The van der Waals surface area contributed by atoms with E-state index in [4.69, 9.17) is 0 Å². The molecule has 0 aliphatic carbocycles. The SMILES string of the molecule is CCCCCCCCCCc1ccc(O)c(CCCCCCCCCC)c1. The van der Waals surface area contributed by atoms with Gasteiger partial charge in [-0.15, -0.1) is 0 Å². The largest absolute Gasteiger partial charge is 0.508 e. The normalized spacial score (nSPS) is 11.2. The molecule has 1 heteroatoms. The molecule has 0 fully saturated rings. The number of aryl methyl sites for hydroxylation is 2. The maximum absolute atomic E-state index is 10.1. The summed E-state index contributed by atoms with van der Waals surface area (Å²) in [6.45, 7) is 4.55.